The lowest BCUT2D eigenvalue weighted by Gasteiger charge is -2.10. The average Bonchev–Trinajstić information content (AvgIpc) is 3.00. The molecule has 0 bridgehead atoms. The minimum atomic E-state index is -3.59. The van der Waals surface area contributed by atoms with E-state index in [0.717, 1.165) is 5.69 Å². The van der Waals surface area contributed by atoms with Gasteiger partial charge in [-0.3, -0.25) is 5.10 Å². The van der Waals surface area contributed by atoms with Gasteiger partial charge < -0.3 is 9.88 Å². The Kier molecular flexibility index (Phi) is 4.21. The molecular weight excluding hydrogens is 280 g/mol. The first-order valence-electron chi connectivity index (χ1n) is 6.11. The molecule has 0 aliphatic carbocycles. The maximum Gasteiger partial charge on any atom is 0.242 e. The number of H-pyrrole nitrogens is 1. The molecule has 3 N–H and O–H groups in total. The summed E-state index contributed by atoms with van der Waals surface area (Å²) in [6.07, 6.45) is 2.93. The van der Waals surface area contributed by atoms with Crippen molar-refractivity contribution < 1.29 is 8.42 Å². The first kappa shape index (κ1) is 14.7. The lowest BCUT2D eigenvalue weighted by molar-refractivity contribution is 0.560. The van der Waals surface area contributed by atoms with Crippen LogP contribution in [-0.4, -0.2) is 35.2 Å². The lowest BCUT2D eigenvalue weighted by Crippen LogP contribution is -2.27. The first-order chi connectivity index (χ1) is 9.44. The fraction of sp³-hybridized carbons (Fsp3) is 0.455. The van der Waals surface area contributed by atoms with Crippen molar-refractivity contribution in [3.05, 3.63) is 30.1 Å². The number of nitrogens with zero attached hydrogens (tertiary/aromatic N) is 3. The molecule has 0 amide bonds. The van der Waals surface area contributed by atoms with Gasteiger partial charge in [0.15, 0.2) is 0 Å². The van der Waals surface area contributed by atoms with Crippen molar-refractivity contribution in [2.24, 2.45) is 7.05 Å². The molecule has 2 aromatic rings. The number of aromatic nitrogens is 4. The molecule has 0 aromatic carbocycles. The highest BCUT2D eigenvalue weighted by Gasteiger charge is 2.21. The van der Waals surface area contributed by atoms with E-state index in [9.17, 15) is 8.42 Å². The van der Waals surface area contributed by atoms with Crippen LogP contribution >= 0.6 is 0 Å². The third-order valence-electron chi connectivity index (χ3n) is 2.93. The van der Waals surface area contributed by atoms with E-state index in [1.165, 1.54) is 6.33 Å². The third-order valence-corrected chi connectivity index (χ3v) is 4.43. The number of sulfonamides is 1. The van der Waals surface area contributed by atoms with Gasteiger partial charge in [-0.15, -0.1) is 0 Å². The van der Waals surface area contributed by atoms with Crippen LogP contribution in [0, 0.1) is 0 Å². The van der Waals surface area contributed by atoms with Crippen LogP contribution in [-0.2, 0) is 23.6 Å². The fourth-order valence-corrected chi connectivity index (χ4v) is 3.16. The highest BCUT2D eigenvalue weighted by molar-refractivity contribution is 7.89. The lowest BCUT2D eigenvalue weighted by atomic mass is 10.3. The van der Waals surface area contributed by atoms with Gasteiger partial charge in [-0.1, -0.05) is 0 Å². The zero-order valence-corrected chi connectivity index (χ0v) is 12.4. The van der Waals surface area contributed by atoms with Gasteiger partial charge in [0.2, 0.25) is 10.0 Å². The van der Waals surface area contributed by atoms with E-state index in [4.69, 9.17) is 0 Å². The summed E-state index contributed by atoms with van der Waals surface area (Å²) in [5.41, 5.74) is 0.889. The molecule has 1 atom stereocenters. The number of hydrogen-bond donors (Lipinski definition) is 3. The Morgan fingerprint density at radius 2 is 2.25 bits per heavy atom. The smallest absolute Gasteiger partial charge is 0.242 e. The summed E-state index contributed by atoms with van der Waals surface area (Å²) < 4.78 is 28.9. The number of nitrogens with one attached hydrogen (secondary N) is 3. The van der Waals surface area contributed by atoms with Crippen LogP contribution < -0.4 is 10.0 Å². The molecule has 0 radical (unpaired) electrons. The minimum Gasteiger partial charge on any atom is -0.352 e. The van der Waals surface area contributed by atoms with Crippen molar-refractivity contribution in [2.45, 2.75) is 24.4 Å². The molecule has 0 saturated heterocycles. The van der Waals surface area contributed by atoms with Gasteiger partial charge in [0, 0.05) is 25.5 Å². The molecular formula is C11H18N6O2S. The van der Waals surface area contributed by atoms with E-state index in [1.54, 1.807) is 23.8 Å². The maximum atomic E-state index is 12.3. The number of rotatable bonds is 6. The summed E-state index contributed by atoms with van der Waals surface area (Å²) in [6, 6.07) is 1.17. The van der Waals surface area contributed by atoms with Crippen LogP contribution in [0.2, 0.25) is 0 Å². The summed E-state index contributed by atoms with van der Waals surface area (Å²) in [5.74, 6) is 0.472. The molecule has 0 aliphatic heterocycles. The topological polar surface area (TPSA) is 105 Å². The SMILES string of the molecule is CNCc1cc(S(=O)(=O)NC(C)c2ncn[nH]2)cn1C. The summed E-state index contributed by atoms with van der Waals surface area (Å²) in [5, 5.41) is 9.34. The highest BCUT2D eigenvalue weighted by Crippen LogP contribution is 2.16. The average molecular weight is 298 g/mol. The summed E-state index contributed by atoms with van der Waals surface area (Å²) >= 11 is 0. The van der Waals surface area contributed by atoms with E-state index in [-0.39, 0.29) is 4.90 Å². The van der Waals surface area contributed by atoms with Crippen LogP contribution in [0.15, 0.2) is 23.5 Å². The normalized spacial score (nSPS) is 13.6. The van der Waals surface area contributed by atoms with Gasteiger partial charge in [0.25, 0.3) is 0 Å². The Balaban J connectivity index is 2.20. The standard InChI is InChI=1S/C11H18N6O2S/c1-8(11-13-7-14-15-11)16-20(18,19)10-4-9(5-12-2)17(3)6-10/h4,6-8,12,16H,5H2,1-3H3,(H,13,14,15). The number of hydrogen-bond acceptors (Lipinski definition) is 5. The summed E-state index contributed by atoms with van der Waals surface area (Å²) in [7, 11) is 0.0301. The highest BCUT2D eigenvalue weighted by atomic mass is 32.2. The van der Waals surface area contributed by atoms with Gasteiger partial charge in [-0.05, 0) is 20.0 Å². The van der Waals surface area contributed by atoms with Crippen molar-refractivity contribution in [1.29, 1.82) is 0 Å². The largest absolute Gasteiger partial charge is 0.352 e. The summed E-state index contributed by atoms with van der Waals surface area (Å²) in [6.45, 7) is 2.30. The van der Waals surface area contributed by atoms with E-state index >= 15 is 0 Å². The molecule has 0 spiro atoms. The van der Waals surface area contributed by atoms with Crippen LogP contribution in [0.3, 0.4) is 0 Å². The van der Waals surface area contributed by atoms with Gasteiger partial charge in [-0.25, -0.2) is 18.1 Å². The molecule has 0 saturated carbocycles. The Labute approximate surface area is 117 Å². The van der Waals surface area contributed by atoms with Gasteiger partial charge in [0.05, 0.1) is 10.9 Å². The molecule has 2 aromatic heterocycles. The summed E-state index contributed by atoms with van der Waals surface area (Å²) in [4.78, 5) is 4.17. The van der Waals surface area contributed by atoms with Crippen molar-refractivity contribution in [1.82, 2.24) is 29.8 Å². The quantitative estimate of drug-likeness (QED) is 0.691. The Bertz CT molecular complexity index is 661. The molecule has 2 rings (SSSR count). The van der Waals surface area contributed by atoms with Gasteiger partial charge in [0.1, 0.15) is 12.2 Å². The predicted octanol–water partition coefficient (Wildman–Crippen LogP) is -0.0979. The molecule has 9 heteroatoms. The molecule has 0 aliphatic rings. The van der Waals surface area contributed by atoms with Gasteiger partial charge >= 0.3 is 0 Å². The Morgan fingerprint density at radius 1 is 1.50 bits per heavy atom. The fourth-order valence-electron chi connectivity index (χ4n) is 1.86. The van der Waals surface area contributed by atoms with Crippen molar-refractivity contribution >= 4 is 10.0 Å². The molecule has 0 fully saturated rings. The Morgan fingerprint density at radius 3 is 2.85 bits per heavy atom. The second-order valence-electron chi connectivity index (χ2n) is 4.52. The van der Waals surface area contributed by atoms with E-state index in [0.29, 0.717) is 12.4 Å². The zero-order valence-electron chi connectivity index (χ0n) is 11.6. The van der Waals surface area contributed by atoms with Crippen LogP contribution in [0.4, 0.5) is 0 Å². The molecule has 1 unspecified atom stereocenters. The van der Waals surface area contributed by atoms with E-state index in [1.807, 2.05) is 14.1 Å². The van der Waals surface area contributed by atoms with Gasteiger partial charge in [-0.2, -0.15) is 5.10 Å². The first-order valence-corrected chi connectivity index (χ1v) is 7.60. The van der Waals surface area contributed by atoms with Crippen LogP contribution in [0.25, 0.3) is 0 Å². The maximum absolute atomic E-state index is 12.3. The van der Waals surface area contributed by atoms with E-state index < -0.39 is 16.1 Å². The monoisotopic (exact) mass is 298 g/mol. The zero-order chi connectivity index (χ0) is 14.8. The van der Waals surface area contributed by atoms with Crippen molar-refractivity contribution in [3.63, 3.8) is 0 Å². The van der Waals surface area contributed by atoms with E-state index in [2.05, 4.69) is 25.2 Å². The molecule has 20 heavy (non-hydrogen) atoms. The van der Waals surface area contributed by atoms with Crippen LogP contribution in [0.5, 0.6) is 0 Å². The molecule has 2 heterocycles. The van der Waals surface area contributed by atoms with Crippen LogP contribution in [0.1, 0.15) is 24.5 Å². The number of aryl methyl sites for hydroxylation is 1. The molecule has 8 nitrogen and oxygen atoms in total. The number of aromatic amines is 1. The van der Waals surface area contributed by atoms with Crippen molar-refractivity contribution in [3.8, 4) is 0 Å². The molecule has 110 valence electrons. The second kappa shape index (κ2) is 5.73. The second-order valence-corrected chi connectivity index (χ2v) is 6.24. The van der Waals surface area contributed by atoms with Crippen molar-refractivity contribution in [2.75, 3.05) is 7.05 Å². The minimum absolute atomic E-state index is 0.233. The predicted molar refractivity (Wildman–Crippen MR) is 73.3 cm³/mol. The Hall–Kier alpha value is -1.71. The third kappa shape index (κ3) is 3.06.